The van der Waals surface area contributed by atoms with Crippen molar-refractivity contribution >= 4 is 11.9 Å². The number of aromatic nitrogens is 2. The van der Waals surface area contributed by atoms with E-state index in [2.05, 4.69) is 25.6 Å². The highest BCUT2D eigenvalue weighted by atomic mass is 16.5. The van der Waals surface area contributed by atoms with Crippen molar-refractivity contribution < 1.29 is 9.53 Å². The third-order valence-electron chi connectivity index (χ3n) is 3.76. The van der Waals surface area contributed by atoms with Gasteiger partial charge in [-0.1, -0.05) is 18.2 Å². The van der Waals surface area contributed by atoms with Crippen LogP contribution in [0.4, 0.5) is 0 Å². The molecule has 1 aromatic carbocycles. The molecule has 1 atom stereocenters. The summed E-state index contributed by atoms with van der Waals surface area (Å²) in [5, 5.41) is 5.93. The van der Waals surface area contributed by atoms with Crippen molar-refractivity contribution in [1.29, 1.82) is 0 Å². The Kier molecular flexibility index (Phi) is 5.40. The minimum atomic E-state index is -0.284. The molecule has 0 saturated carbocycles. The Balaban J connectivity index is 1.48. The lowest BCUT2D eigenvalue weighted by molar-refractivity contribution is 0.0949. The summed E-state index contributed by atoms with van der Waals surface area (Å²) in [7, 11) is 0. The number of benzene rings is 1. The maximum absolute atomic E-state index is 11.8. The standard InChI is InChI=1S/C17H20N6O2/c18-17(22-9-8-21-16(24)14-11-19-6-7-20-14)23-13-5-10-25-15-4-2-1-3-12(13)15/h1-4,6-7,11,13H,5,8-10H2,(H,21,24)(H3,18,22,23). The number of carbonyl (C=O) groups excluding carboxylic acids is 1. The number of amides is 1. The minimum Gasteiger partial charge on any atom is -0.493 e. The summed E-state index contributed by atoms with van der Waals surface area (Å²) in [5.41, 5.74) is 7.30. The molecular weight excluding hydrogens is 320 g/mol. The second-order valence-corrected chi connectivity index (χ2v) is 5.49. The Labute approximate surface area is 145 Å². The summed E-state index contributed by atoms with van der Waals surface area (Å²) < 4.78 is 5.62. The third kappa shape index (κ3) is 4.43. The highest BCUT2D eigenvalue weighted by Crippen LogP contribution is 2.31. The SMILES string of the molecule is NC(=NCCNC(=O)c1cnccn1)NC1CCOc2ccccc21. The summed E-state index contributed by atoms with van der Waals surface area (Å²) in [6.45, 7) is 1.37. The van der Waals surface area contributed by atoms with Crippen LogP contribution in [0.25, 0.3) is 0 Å². The molecule has 2 heterocycles. The maximum atomic E-state index is 11.8. The number of fused-ring (bicyclic) bond motifs is 1. The van der Waals surface area contributed by atoms with E-state index in [9.17, 15) is 4.79 Å². The molecule has 0 fully saturated rings. The molecule has 3 rings (SSSR count). The Morgan fingerprint density at radius 3 is 3.08 bits per heavy atom. The average Bonchev–Trinajstić information content (AvgIpc) is 2.66. The van der Waals surface area contributed by atoms with Gasteiger partial charge < -0.3 is 21.1 Å². The van der Waals surface area contributed by atoms with Gasteiger partial charge in [-0.3, -0.25) is 14.8 Å². The van der Waals surface area contributed by atoms with Gasteiger partial charge in [0.25, 0.3) is 5.91 Å². The number of rotatable bonds is 5. The van der Waals surface area contributed by atoms with Crippen LogP contribution in [0.2, 0.25) is 0 Å². The van der Waals surface area contributed by atoms with Crippen molar-refractivity contribution in [3.63, 3.8) is 0 Å². The Bertz CT molecular complexity index is 750. The van der Waals surface area contributed by atoms with Gasteiger partial charge in [-0.05, 0) is 6.07 Å². The van der Waals surface area contributed by atoms with Crippen molar-refractivity contribution in [2.75, 3.05) is 19.7 Å². The van der Waals surface area contributed by atoms with Crippen LogP contribution in [0.3, 0.4) is 0 Å². The van der Waals surface area contributed by atoms with E-state index in [1.54, 1.807) is 0 Å². The largest absolute Gasteiger partial charge is 0.493 e. The van der Waals surface area contributed by atoms with Crippen LogP contribution >= 0.6 is 0 Å². The lowest BCUT2D eigenvalue weighted by Crippen LogP contribution is -2.38. The number of ether oxygens (including phenoxy) is 1. The van der Waals surface area contributed by atoms with Gasteiger partial charge in [0.15, 0.2) is 5.96 Å². The monoisotopic (exact) mass is 340 g/mol. The van der Waals surface area contributed by atoms with Gasteiger partial charge in [-0.25, -0.2) is 4.98 Å². The van der Waals surface area contributed by atoms with Crippen LogP contribution in [0.1, 0.15) is 28.5 Å². The Morgan fingerprint density at radius 1 is 1.36 bits per heavy atom. The van der Waals surface area contributed by atoms with E-state index < -0.39 is 0 Å². The first-order valence-electron chi connectivity index (χ1n) is 8.06. The number of nitrogens with zero attached hydrogens (tertiary/aromatic N) is 3. The lowest BCUT2D eigenvalue weighted by atomic mass is 10.0. The topological polar surface area (TPSA) is 115 Å². The second-order valence-electron chi connectivity index (χ2n) is 5.49. The number of carbonyl (C=O) groups is 1. The van der Waals surface area contributed by atoms with Crippen molar-refractivity contribution in [3.8, 4) is 5.75 Å². The van der Waals surface area contributed by atoms with Crippen LogP contribution in [0, 0.1) is 0 Å². The molecule has 8 nitrogen and oxygen atoms in total. The molecule has 1 aliphatic rings. The fourth-order valence-electron chi connectivity index (χ4n) is 2.57. The van der Waals surface area contributed by atoms with Crippen LogP contribution in [-0.2, 0) is 0 Å². The van der Waals surface area contributed by atoms with Crippen LogP contribution in [0.15, 0.2) is 47.8 Å². The first kappa shape index (κ1) is 16.7. The maximum Gasteiger partial charge on any atom is 0.271 e. The molecule has 25 heavy (non-hydrogen) atoms. The van der Waals surface area contributed by atoms with E-state index in [0.29, 0.717) is 25.7 Å². The van der Waals surface area contributed by atoms with Gasteiger partial charge in [0.1, 0.15) is 11.4 Å². The molecule has 0 saturated heterocycles. The van der Waals surface area contributed by atoms with Gasteiger partial charge in [0.05, 0.1) is 25.4 Å². The minimum absolute atomic E-state index is 0.0721. The molecule has 0 bridgehead atoms. The summed E-state index contributed by atoms with van der Waals surface area (Å²) in [6.07, 6.45) is 5.22. The Hall–Kier alpha value is -3.16. The number of hydrogen-bond acceptors (Lipinski definition) is 5. The molecule has 4 N–H and O–H groups in total. The molecular formula is C17H20N6O2. The number of nitrogens with two attached hydrogens (primary N) is 1. The van der Waals surface area contributed by atoms with Gasteiger partial charge >= 0.3 is 0 Å². The fraction of sp³-hybridized carbons (Fsp3) is 0.294. The van der Waals surface area contributed by atoms with E-state index in [0.717, 1.165) is 17.7 Å². The first-order valence-corrected chi connectivity index (χ1v) is 8.06. The van der Waals surface area contributed by atoms with Crippen molar-refractivity contribution in [2.45, 2.75) is 12.5 Å². The molecule has 0 radical (unpaired) electrons. The molecule has 0 spiro atoms. The average molecular weight is 340 g/mol. The van der Waals surface area contributed by atoms with Crippen molar-refractivity contribution in [3.05, 3.63) is 54.1 Å². The molecule has 1 amide bonds. The van der Waals surface area contributed by atoms with Gasteiger partial charge in [-0.2, -0.15) is 0 Å². The molecule has 1 aliphatic heterocycles. The summed E-state index contributed by atoms with van der Waals surface area (Å²) in [6, 6.07) is 7.94. The van der Waals surface area contributed by atoms with E-state index in [1.807, 2.05) is 24.3 Å². The lowest BCUT2D eigenvalue weighted by Gasteiger charge is -2.26. The first-order chi connectivity index (χ1) is 12.2. The number of aliphatic imine (C=N–C) groups is 1. The van der Waals surface area contributed by atoms with E-state index >= 15 is 0 Å². The van der Waals surface area contributed by atoms with Crippen LogP contribution < -0.4 is 21.1 Å². The normalized spacial score (nSPS) is 16.5. The summed E-state index contributed by atoms with van der Waals surface area (Å²) in [5.74, 6) is 0.930. The van der Waals surface area contributed by atoms with E-state index in [4.69, 9.17) is 10.5 Å². The predicted molar refractivity (Wildman–Crippen MR) is 93.3 cm³/mol. The summed E-state index contributed by atoms with van der Waals surface area (Å²) in [4.78, 5) is 23.9. The van der Waals surface area contributed by atoms with E-state index in [1.165, 1.54) is 18.6 Å². The quantitative estimate of drug-likeness (QED) is 0.418. The summed E-state index contributed by atoms with van der Waals surface area (Å²) >= 11 is 0. The highest BCUT2D eigenvalue weighted by molar-refractivity contribution is 5.91. The zero-order valence-corrected chi connectivity index (χ0v) is 13.7. The van der Waals surface area contributed by atoms with Gasteiger partial charge in [-0.15, -0.1) is 0 Å². The number of hydrogen-bond donors (Lipinski definition) is 3. The molecule has 2 aromatic rings. The van der Waals surface area contributed by atoms with Crippen LogP contribution in [-0.4, -0.2) is 41.5 Å². The molecule has 130 valence electrons. The number of nitrogens with one attached hydrogen (secondary N) is 2. The second kappa shape index (κ2) is 8.09. The number of para-hydroxylation sites is 1. The zero-order valence-electron chi connectivity index (χ0n) is 13.7. The molecule has 8 heteroatoms. The zero-order chi connectivity index (χ0) is 17.5. The fourth-order valence-corrected chi connectivity index (χ4v) is 2.57. The third-order valence-corrected chi connectivity index (χ3v) is 3.76. The van der Waals surface area contributed by atoms with Crippen molar-refractivity contribution in [1.82, 2.24) is 20.6 Å². The molecule has 0 aliphatic carbocycles. The van der Waals surface area contributed by atoms with Crippen LogP contribution in [0.5, 0.6) is 5.75 Å². The highest BCUT2D eigenvalue weighted by Gasteiger charge is 2.21. The molecule has 1 unspecified atom stereocenters. The van der Waals surface area contributed by atoms with Crippen molar-refractivity contribution in [2.24, 2.45) is 10.7 Å². The van der Waals surface area contributed by atoms with Gasteiger partial charge in [0.2, 0.25) is 0 Å². The smallest absolute Gasteiger partial charge is 0.271 e. The Morgan fingerprint density at radius 2 is 2.24 bits per heavy atom. The van der Waals surface area contributed by atoms with Gasteiger partial charge in [0, 0.05) is 30.9 Å². The number of guanidine groups is 1. The van der Waals surface area contributed by atoms with E-state index in [-0.39, 0.29) is 17.6 Å². The molecule has 1 aromatic heterocycles. The predicted octanol–water partition coefficient (Wildman–Crippen LogP) is 0.635.